The minimum absolute atomic E-state index is 0.429. The van der Waals surface area contributed by atoms with Crippen molar-refractivity contribution in [2.75, 3.05) is 13.1 Å². The van der Waals surface area contributed by atoms with Crippen LogP contribution in [0.1, 0.15) is 18.5 Å². The van der Waals surface area contributed by atoms with Gasteiger partial charge in [0.15, 0.2) is 0 Å². The van der Waals surface area contributed by atoms with E-state index in [2.05, 4.69) is 78.6 Å². The summed E-state index contributed by atoms with van der Waals surface area (Å²) in [5.41, 5.74) is 1.42. The first-order chi connectivity index (χ1) is 9.36. The molecule has 2 aromatic rings. The molecular weight excluding hydrogens is 230 g/mol. The third-order valence-corrected chi connectivity index (χ3v) is 3.88. The van der Waals surface area contributed by atoms with Gasteiger partial charge in [0, 0.05) is 19.1 Å². The molecule has 1 aliphatic heterocycles. The van der Waals surface area contributed by atoms with E-state index in [0.29, 0.717) is 6.04 Å². The van der Waals surface area contributed by atoms with Gasteiger partial charge < -0.3 is 0 Å². The van der Waals surface area contributed by atoms with Crippen molar-refractivity contribution in [1.29, 1.82) is 0 Å². The Labute approximate surface area is 114 Å². The van der Waals surface area contributed by atoms with E-state index in [4.69, 9.17) is 0 Å². The van der Waals surface area contributed by atoms with E-state index in [9.17, 15) is 0 Å². The summed E-state index contributed by atoms with van der Waals surface area (Å²) < 4.78 is 0. The molecule has 0 N–H and O–H groups in total. The fraction of sp³-hybridized carbons (Fsp3) is 0.222. The van der Waals surface area contributed by atoms with Crippen LogP contribution in [0.25, 0.3) is 10.8 Å². The van der Waals surface area contributed by atoms with Crippen molar-refractivity contribution >= 4 is 10.8 Å². The van der Waals surface area contributed by atoms with Gasteiger partial charge in [-0.1, -0.05) is 66.8 Å². The Morgan fingerprint density at radius 2 is 1.58 bits per heavy atom. The molecule has 0 radical (unpaired) electrons. The molecule has 2 aromatic carbocycles. The Kier molecular flexibility index (Phi) is 3.47. The molecule has 0 aliphatic carbocycles. The van der Waals surface area contributed by atoms with Crippen molar-refractivity contribution < 1.29 is 0 Å². The summed E-state index contributed by atoms with van der Waals surface area (Å²) in [5, 5.41) is 2.70. The number of benzene rings is 2. The van der Waals surface area contributed by atoms with Crippen LogP contribution in [0.15, 0.2) is 66.8 Å². The Bertz CT molecular complexity index is 605. The number of hydrogen-bond donors (Lipinski definition) is 0. The van der Waals surface area contributed by atoms with Gasteiger partial charge in [0.1, 0.15) is 0 Å². The van der Waals surface area contributed by atoms with E-state index in [1.165, 1.54) is 16.3 Å². The molecule has 0 amide bonds. The summed E-state index contributed by atoms with van der Waals surface area (Å²) in [5.74, 6) is 0. The van der Waals surface area contributed by atoms with Gasteiger partial charge in [-0.15, -0.1) is 0 Å². The second kappa shape index (κ2) is 5.41. The van der Waals surface area contributed by atoms with Gasteiger partial charge in [-0.2, -0.15) is 0 Å². The quantitative estimate of drug-likeness (QED) is 0.765. The highest BCUT2D eigenvalue weighted by atomic mass is 15.1. The van der Waals surface area contributed by atoms with Crippen molar-refractivity contribution in [3.05, 3.63) is 72.3 Å². The fourth-order valence-corrected chi connectivity index (χ4v) is 2.75. The molecule has 96 valence electrons. The fourth-order valence-electron chi connectivity index (χ4n) is 2.75. The van der Waals surface area contributed by atoms with Crippen LogP contribution >= 0.6 is 0 Å². The molecule has 19 heavy (non-hydrogen) atoms. The van der Waals surface area contributed by atoms with E-state index in [1.807, 2.05) is 0 Å². The normalized spacial score (nSPS) is 17.5. The van der Waals surface area contributed by atoms with Crippen molar-refractivity contribution in [3.8, 4) is 0 Å². The first-order valence-electron chi connectivity index (χ1n) is 6.89. The van der Waals surface area contributed by atoms with Crippen LogP contribution < -0.4 is 0 Å². The van der Waals surface area contributed by atoms with Gasteiger partial charge in [-0.25, -0.2) is 0 Å². The first-order valence-corrected chi connectivity index (χ1v) is 6.89. The van der Waals surface area contributed by atoms with E-state index in [1.54, 1.807) is 0 Å². The van der Waals surface area contributed by atoms with Gasteiger partial charge >= 0.3 is 0 Å². The van der Waals surface area contributed by atoms with E-state index in [-0.39, 0.29) is 0 Å². The highest BCUT2D eigenvalue weighted by Gasteiger charge is 2.16. The van der Waals surface area contributed by atoms with Crippen molar-refractivity contribution in [2.45, 2.75) is 13.0 Å². The molecular formula is C18H19N. The van der Waals surface area contributed by atoms with Crippen LogP contribution in [0, 0.1) is 0 Å². The second-order valence-corrected chi connectivity index (χ2v) is 5.05. The van der Waals surface area contributed by atoms with E-state index < -0.39 is 0 Å². The Morgan fingerprint density at radius 3 is 2.37 bits per heavy atom. The average Bonchev–Trinajstić information content (AvgIpc) is 2.75. The Hall–Kier alpha value is -1.86. The summed E-state index contributed by atoms with van der Waals surface area (Å²) in [6.07, 6.45) is 8.72. The third-order valence-electron chi connectivity index (χ3n) is 3.88. The molecule has 1 nitrogen and oxygen atoms in total. The average molecular weight is 249 g/mol. The molecule has 0 spiro atoms. The number of hydrogen-bond acceptors (Lipinski definition) is 1. The third kappa shape index (κ3) is 2.47. The van der Waals surface area contributed by atoms with Crippen molar-refractivity contribution in [1.82, 2.24) is 4.90 Å². The molecule has 0 fully saturated rings. The van der Waals surface area contributed by atoms with Crippen LogP contribution in [-0.2, 0) is 0 Å². The molecule has 1 aliphatic rings. The molecule has 0 unspecified atom stereocenters. The summed E-state index contributed by atoms with van der Waals surface area (Å²) >= 11 is 0. The highest BCUT2D eigenvalue weighted by Crippen LogP contribution is 2.28. The second-order valence-electron chi connectivity index (χ2n) is 5.05. The van der Waals surface area contributed by atoms with E-state index in [0.717, 1.165) is 13.1 Å². The molecule has 1 atom stereocenters. The zero-order valence-electron chi connectivity index (χ0n) is 11.3. The van der Waals surface area contributed by atoms with Crippen molar-refractivity contribution in [2.24, 2.45) is 0 Å². The van der Waals surface area contributed by atoms with Gasteiger partial charge in [-0.3, -0.25) is 4.90 Å². The molecule has 1 heteroatoms. The lowest BCUT2D eigenvalue weighted by Gasteiger charge is -2.27. The monoisotopic (exact) mass is 249 g/mol. The summed E-state index contributed by atoms with van der Waals surface area (Å²) in [4.78, 5) is 2.49. The van der Waals surface area contributed by atoms with Crippen LogP contribution in [0.5, 0.6) is 0 Å². The smallest absolute Gasteiger partial charge is 0.0332 e. The zero-order valence-corrected chi connectivity index (χ0v) is 11.3. The number of nitrogens with zero attached hydrogens (tertiary/aromatic N) is 1. The first kappa shape index (κ1) is 12.2. The summed E-state index contributed by atoms with van der Waals surface area (Å²) in [7, 11) is 0. The molecule has 0 aromatic heterocycles. The molecule has 1 heterocycles. The SMILES string of the molecule is C[C@H](c1cccc2ccccc12)N1CC=CC=CC1. The molecule has 0 bridgehead atoms. The van der Waals surface area contributed by atoms with Crippen LogP contribution in [0.2, 0.25) is 0 Å². The highest BCUT2D eigenvalue weighted by molar-refractivity contribution is 5.86. The maximum Gasteiger partial charge on any atom is 0.0332 e. The lowest BCUT2D eigenvalue weighted by Crippen LogP contribution is -2.27. The van der Waals surface area contributed by atoms with Gasteiger partial charge in [0.2, 0.25) is 0 Å². The minimum atomic E-state index is 0.429. The number of allylic oxidation sites excluding steroid dienone is 2. The molecule has 3 rings (SSSR count). The topological polar surface area (TPSA) is 3.24 Å². The molecule has 0 saturated carbocycles. The van der Waals surface area contributed by atoms with Gasteiger partial charge in [0.25, 0.3) is 0 Å². The van der Waals surface area contributed by atoms with Crippen molar-refractivity contribution in [3.63, 3.8) is 0 Å². The summed E-state index contributed by atoms with van der Waals surface area (Å²) in [6, 6.07) is 15.7. The predicted molar refractivity (Wildman–Crippen MR) is 82.2 cm³/mol. The minimum Gasteiger partial charge on any atom is -0.289 e. The van der Waals surface area contributed by atoms with Crippen LogP contribution in [0.3, 0.4) is 0 Å². The zero-order chi connectivity index (χ0) is 13.1. The van der Waals surface area contributed by atoms with Crippen LogP contribution in [-0.4, -0.2) is 18.0 Å². The van der Waals surface area contributed by atoms with Gasteiger partial charge in [-0.05, 0) is 23.3 Å². The number of fused-ring (bicyclic) bond motifs is 1. The van der Waals surface area contributed by atoms with Gasteiger partial charge in [0.05, 0.1) is 0 Å². The maximum absolute atomic E-state index is 2.49. The maximum atomic E-state index is 2.49. The molecule has 0 saturated heterocycles. The largest absolute Gasteiger partial charge is 0.289 e. The van der Waals surface area contributed by atoms with Crippen LogP contribution in [0.4, 0.5) is 0 Å². The lowest BCUT2D eigenvalue weighted by molar-refractivity contribution is 0.262. The van der Waals surface area contributed by atoms with E-state index >= 15 is 0 Å². The number of rotatable bonds is 2. The summed E-state index contributed by atoms with van der Waals surface area (Å²) in [6.45, 7) is 4.32. The standard InChI is InChI=1S/C18H19N/c1-15(19-13-6-2-3-7-14-19)17-12-8-10-16-9-4-5-11-18(16)17/h2-12,15H,13-14H2,1H3/t15-/m1/s1. The predicted octanol–water partition coefficient (Wildman–Crippen LogP) is 4.33. The lowest BCUT2D eigenvalue weighted by atomic mass is 9.98. The Morgan fingerprint density at radius 1 is 0.895 bits per heavy atom. The Balaban J connectivity index is 1.99.